The van der Waals surface area contributed by atoms with Crippen LogP contribution >= 0.6 is 0 Å². The summed E-state index contributed by atoms with van der Waals surface area (Å²) in [5.41, 5.74) is 3.30. The summed E-state index contributed by atoms with van der Waals surface area (Å²) in [6.45, 7) is 9.24. The number of carbonyl (C=O) groups excluding carboxylic acids is 1. The van der Waals surface area contributed by atoms with Crippen LogP contribution in [0.25, 0.3) is 0 Å². The molecule has 0 atom stereocenters. The minimum absolute atomic E-state index is 0.175. The van der Waals surface area contributed by atoms with E-state index in [0.717, 1.165) is 24.0 Å². The lowest BCUT2D eigenvalue weighted by Gasteiger charge is -2.22. The van der Waals surface area contributed by atoms with Crippen molar-refractivity contribution in [3.8, 4) is 5.75 Å². The maximum absolute atomic E-state index is 12.2. The van der Waals surface area contributed by atoms with Gasteiger partial charge in [0.25, 0.3) is 0 Å². The molecule has 0 unspecified atom stereocenters. The first-order chi connectivity index (χ1) is 16.2. The van der Waals surface area contributed by atoms with E-state index in [1.807, 2.05) is 35.7 Å². The maximum Gasteiger partial charge on any atom is 0.306 e. The van der Waals surface area contributed by atoms with E-state index in [2.05, 4.69) is 32.7 Å². The Kier molecular flexibility index (Phi) is 11.2. The van der Waals surface area contributed by atoms with Crippen molar-refractivity contribution in [3.05, 3.63) is 47.6 Å². The van der Waals surface area contributed by atoms with E-state index in [4.69, 9.17) is 10.1 Å². The van der Waals surface area contributed by atoms with Crippen molar-refractivity contribution in [3.63, 3.8) is 0 Å². The number of nitrogens with one attached hydrogen (secondary N) is 1. The number of unbranched alkanes of at least 4 members (excludes halogenated alkanes) is 5. The molecule has 186 valence electrons. The molecule has 0 amide bonds. The van der Waals surface area contributed by atoms with Gasteiger partial charge in [-0.25, -0.2) is 4.99 Å². The van der Waals surface area contributed by atoms with Gasteiger partial charge in [-0.3, -0.25) is 15.5 Å². The van der Waals surface area contributed by atoms with Crippen molar-refractivity contribution in [2.45, 2.75) is 84.5 Å². The van der Waals surface area contributed by atoms with Gasteiger partial charge >= 0.3 is 5.97 Å². The van der Waals surface area contributed by atoms with Crippen LogP contribution in [-0.4, -0.2) is 35.8 Å². The Morgan fingerprint density at radius 1 is 1.09 bits per heavy atom. The summed E-state index contributed by atoms with van der Waals surface area (Å²) in [6, 6.07) is 3.91. The highest BCUT2D eigenvalue weighted by molar-refractivity contribution is 6.49. The van der Waals surface area contributed by atoms with Gasteiger partial charge in [0.05, 0.1) is 18.0 Å². The van der Waals surface area contributed by atoms with E-state index in [1.165, 1.54) is 25.7 Å². The lowest BCUT2D eigenvalue weighted by atomic mass is 9.84. The number of phenols is 1. The number of aryl methyl sites for hydroxylation is 1. The summed E-state index contributed by atoms with van der Waals surface area (Å²) in [5.74, 6) is 0.0720. The highest BCUT2D eigenvalue weighted by atomic mass is 16.5. The highest BCUT2D eigenvalue weighted by Gasteiger charge is 2.23. The molecule has 0 bridgehead atoms. The molecular formula is C28H42N3O3+. The number of carbonyl (C=O) groups is 1. The first-order valence-electron chi connectivity index (χ1n) is 12.6. The number of nitrogens with two attached hydrogens (primary N) is 1. The Balaban J connectivity index is 1.96. The fourth-order valence-electron chi connectivity index (χ4n) is 3.83. The number of aliphatic imine (C=N–C) groups is 1. The summed E-state index contributed by atoms with van der Waals surface area (Å²) in [4.78, 5) is 16.7. The molecular weight excluding hydrogens is 426 g/mol. The largest absolute Gasteiger partial charge is 0.503 e. The second-order valence-corrected chi connectivity index (χ2v) is 9.88. The van der Waals surface area contributed by atoms with E-state index in [1.54, 1.807) is 6.08 Å². The standard InChI is InChI=1S/C28H41N3O3/c1-5-6-7-8-9-12-17-34-26(32)16-15-21-18-22(28(2,3)4)27(33)25(19-21)31-20-30-24-14-11-10-13-23(24)29/h10-11,13-14,18-19,29,31,33H,5-9,12,15-17,20H2,1-4H3/p+1. The summed E-state index contributed by atoms with van der Waals surface area (Å²) in [5, 5.41) is 20.7. The average molecular weight is 469 g/mol. The molecule has 0 radical (unpaired) electrons. The summed E-state index contributed by atoms with van der Waals surface area (Å²) >= 11 is 0. The molecule has 1 aromatic rings. The average Bonchev–Trinajstić information content (AvgIpc) is 2.79. The topological polar surface area (TPSA) is 99.4 Å². The Morgan fingerprint density at radius 2 is 1.79 bits per heavy atom. The SMILES string of the molecule is CCCCCCCCOC(=O)CCc1cc([NH2+]CN=C2C=CC=CC2=N)c(O)c(C(C)(C)C)c1. The highest BCUT2D eigenvalue weighted by Crippen LogP contribution is 2.35. The number of ether oxygens (including phenoxy) is 1. The van der Waals surface area contributed by atoms with Gasteiger partial charge in [-0.1, -0.05) is 78.0 Å². The van der Waals surface area contributed by atoms with Gasteiger partial charge in [0.15, 0.2) is 18.1 Å². The van der Waals surface area contributed by atoms with Gasteiger partial charge in [-0.2, -0.15) is 0 Å². The van der Waals surface area contributed by atoms with Crippen LogP contribution in [0.4, 0.5) is 5.69 Å². The Hall–Kier alpha value is -2.73. The van der Waals surface area contributed by atoms with Crippen LogP contribution in [-0.2, 0) is 21.4 Å². The Morgan fingerprint density at radius 3 is 2.50 bits per heavy atom. The minimum atomic E-state index is -0.244. The van der Waals surface area contributed by atoms with Gasteiger partial charge in [-0.05, 0) is 36.0 Å². The molecule has 0 aliphatic heterocycles. The number of esters is 1. The molecule has 34 heavy (non-hydrogen) atoms. The van der Waals surface area contributed by atoms with E-state index >= 15 is 0 Å². The zero-order valence-electron chi connectivity index (χ0n) is 21.3. The molecule has 2 rings (SSSR count). The van der Waals surface area contributed by atoms with Gasteiger partial charge in [0.1, 0.15) is 0 Å². The lowest BCUT2D eigenvalue weighted by Crippen LogP contribution is -2.77. The molecule has 6 heteroatoms. The van der Waals surface area contributed by atoms with E-state index in [9.17, 15) is 9.90 Å². The number of hydrogen-bond acceptors (Lipinski definition) is 5. The lowest BCUT2D eigenvalue weighted by molar-refractivity contribution is -0.570. The zero-order chi connectivity index (χ0) is 25.0. The van der Waals surface area contributed by atoms with Crippen LogP contribution in [0.15, 0.2) is 41.4 Å². The van der Waals surface area contributed by atoms with Crippen molar-refractivity contribution in [1.82, 2.24) is 0 Å². The monoisotopic (exact) mass is 468 g/mol. The molecule has 1 aliphatic carbocycles. The number of rotatable bonds is 13. The van der Waals surface area contributed by atoms with Crippen molar-refractivity contribution >= 4 is 23.1 Å². The van der Waals surface area contributed by atoms with Gasteiger partial charge in [0, 0.05) is 18.1 Å². The van der Waals surface area contributed by atoms with Crippen LogP contribution in [0.2, 0.25) is 0 Å². The molecule has 0 fully saturated rings. The molecule has 0 heterocycles. The van der Waals surface area contributed by atoms with Crippen molar-refractivity contribution in [2.24, 2.45) is 4.99 Å². The predicted molar refractivity (Wildman–Crippen MR) is 139 cm³/mol. The maximum atomic E-state index is 12.2. The number of allylic oxidation sites excluding steroid dienone is 4. The summed E-state index contributed by atoms with van der Waals surface area (Å²) in [6.07, 6.45) is 15.1. The summed E-state index contributed by atoms with van der Waals surface area (Å²) in [7, 11) is 0. The van der Waals surface area contributed by atoms with Crippen LogP contribution in [0.3, 0.4) is 0 Å². The molecule has 1 aromatic carbocycles. The van der Waals surface area contributed by atoms with E-state index < -0.39 is 0 Å². The molecule has 6 nitrogen and oxygen atoms in total. The fourth-order valence-corrected chi connectivity index (χ4v) is 3.83. The number of aromatic hydroxyl groups is 1. The third-order valence-electron chi connectivity index (χ3n) is 5.86. The van der Waals surface area contributed by atoms with Crippen LogP contribution < -0.4 is 5.32 Å². The number of hydrogen-bond donors (Lipinski definition) is 3. The zero-order valence-corrected chi connectivity index (χ0v) is 21.3. The van der Waals surface area contributed by atoms with E-state index in [-0.39, 0.29) is 17.1 Å². The molecule has 0 spiro atoms. The quantitative estimate of drug-likeness (QED) is 0.121. The van der Waals surface area contributed by atoms with Crippen molar-refractivity contribution in [2.75, 3.05) is 13.3 Å². The van der Waals surface area contributed by atoms with Gasteiger partial charge in [0.2, 0.25) is 0 Å². The molecule has 4 N–H and O–H groups in total. The third kappa shape index (κ3) is 9.26. The third-order valence-corrected chi connectivity index (χ3v) is 5.86. The number of nitrogens with zero attached hydrogens (tertiary/aromatic N) is 1. The molecule has 0 aromatic heterocycles. The van der Waals surface area contributed by atoms with Crippen LogP contribution in [0.1, 0.15) is 83.8 Å². The Labute approximate surface area is 204 Å². The van der Waals surface area contributed by atoms with Crippen LogP contribution in [0.5, 0.6) is 5.75 Å². The minimum Gasteiger partial charge on any atom is -0.503 e. The van der Waals surface area contributed by atoms with Gasteiger partial charge < -0.3 is 9.84 Å². The van der Waals surface area contributed by atoms with Crippen LogP contribution in [0, 0.1) is 5.41 Å². The Bertz CT molecular complexity index is 924. The smallest absolute Gasteiger partial charge is 0.306 e. The predicted octanol–water partition coefficient (Wildman–Crippen LogP) is 5.27. The first kappa shape index (κ1) is 27.5. The van der Waals surface area contributed by atoms with E-state index in [0.29, 0.717) is 43.2 Å². The number of benzene rings is 1. The normalized spacial score (nSPS) is 14.7. The fraction of sp³-hybridized carbons (Fsp3) is 0.536. The first-order valence-corrected chi connectivity index (χ1v) is 12.6. The molecule has 0 saturated heterocycles. The summed E-state index contributed by atoms with van der Waals surface area (Å²) < 4.78 is 5.42. The van der Waals surface area contributed by atoms with Gasteiger partial charge in [-0.15, -0.1) is 0 Å². The van der Waals surface area contributed by atoms with Crippen molar-refractivity contribution in [1.29, 1.82) is 5.41 Å². The number of phenolic OH excluding ortho intramolecular Hbond substituents is 1. The molecule has 1 aliphatic rings. The number of quaternary nitrogens is 1. The second kappa shape index (κ2) is 13.9. The van der Waals surface area contributed by atoms with Crippen molar-refractivity contribution < 1.29 is 20.0 Å². The molecule has 0 saturated carbocycles. The second-order valence-electron chi connectivity index (χ2n) is 9.88.